The molecule has 1 saturated carbocycles. The predicted octanol–water partition coefficient (Wildman–Crippen LogP) is 5.74. The molecule has 2 fully saturated rings. The van der Waals surface area contributed by atoms with Crippen LogP contribution in [0.3, 0.4) is 0 Å². The lowest BCUT2D eigenvalue weighted by Crippen LogP contribution is -2.53. The minimum absolute atomic E-state index is 0.0136. The molecule has 0 radical (unpaired) electrons. The summed E-state index contributed by atoms with van der Waals surface area (Å²) in [6.07, 6.45) is 3.21. The van der Waals surface area contributed by atoms with Gasteiger partial charge in [0.2, 0.25) is 11.8 Å². The molecule has 0 bridgehead atoms. The van der Waals surface area contributed by atoms with E-state index in [0.29, 0.717) is 16.6 Å². The molecule has 3 aromatic carbocycles. The van der Waals surface area contributed by atoms with Crippen LogP contribution in [0.2, 0.25) is 10.0 Å². The number of nitrogens with one attached hydrogen (secondary N) is 2. The summed E-state index contributed by atoms with van der Waals surface area (Å²) >= 11 is 12.6. The number of rotatable bonds is 9. The van der Waals surface area contributed by atoms with E-state index < -0.39 is 5.41 Å². The van der Waals surface area contributed by atoms with Crippen molar-refractivity contribution in [2.75, 3.05) is 26.2 Å². The van der Waals surface area contributed by atoms with E-state index in [0.717, 1.165) is 56.4 Å². The van der Waals surface area contributed by atoms with E-state index in [-0.39, 0.29) is 23.3 Å². The van der Waals surface area contributed by atoms with Gasteiger partial charge in [0.15, 0.2) is 0 Å². The normalized spacial score (nSPS) is 22.2. The maximum absolute atomic E-state index is 13.7. The van der Waals surface area contributed by atoms with Crippen LogP contribution in [-0.2, 0) is 27.0 Å². The van der Waals surface area contributed by atoms with Gasteiger partial charge in [-0.05, 0) is 60.4 Å². The quantitative estimate of drug-likeness (QED) is 0.349. The number of likely N-dealkylation sites (tertiary alicyclic amines) is 1. The van der Waals surface area contributed by atoms with Gasteiger partial charge < -0.3 is 15.5 Å². The van der Waals surface area contributed by atoms with Gasteiger partial charge >= 0.3 is 0 Å². The third kappa shape index (κ3) is 6.01. The summed E-state index contributed by atoms with van der Waals surface area (Å²) in [5, 5.41) is 7.42. The van der Waals surface area contributed by atoms with Crippen molar-refractivity contribution >= 4 is 35.0 Å². The lowest BCUT2D eigenvalue weighted by molar-refractivity contribution is -0.124. The molecule has 1 saturated heterocycles. The van der Waals surface area contributed by atoms with Crippen LogP contribution < -0.4 is 10.6 Å². The van der Waals surface area contributed by atoms with Crippen LogP contribution in [0, 0.1) is 5.92 Å². The molecule has 204 valence electrons. The van der Waals surface area contributed by atoms with Gasteiger partial charge in [0.25, 0.3) is 0 Å². The van der Waals surface area contributed by atoms with Crippen LogP contribution >= 0.6 is 23.2 Å². The molecular formula is C32H35Cl2N3O2. The molecule has 2 aliphatic rings. The van der Waals surface area contributed by atoms with Crippen molar-refractivity contribution in [2.45, 2.75) is 43.6 Å². The first-order chi connectivity index (χ1) is 18.8. The zero-order chi connectivity index (χ0) is 27.5. The van der Waals surface area contributed by atoms with Crippen LogP contribution in [0.15, 0.2) is 78.9 Å². The van der Waals surface area contributed by atoms with Gasteiger partial charge in [-0.25, -0.2) is 0 Å². The van der Waals surface area contributed by atoms with Crippen molar-refractivity contribution in [1.29, 1.82) is 0 Å². The number of benzene rings is 3. The largest absolute Gasteiger partial charge is 0.355 e. The standard InChI is InChI=1S/C32H35Cl2N3O2/c1-23(38)36-31(25-10-6-3-7-11-25)15-18-37(19-16-31)22-27-21-32(27,26-12-13-28(33)29(34)20-26)30(39)35-17-14-24-8-4-2-5-9-24/h2-13,20,27H,14-19,21-22H2,1H3,(H,35,39)(H,36,38)/t27-,32+/m0/s1. The SMILES string of the molecule is CC(=O)NC1(c2ccccc2)CCN(C[C@@H]2C[C@@]2(C(=O)NCCc2ccccc2)c2ccc(Cl)c(Cl)c2)CC1. The fourth-order valence-electron chi connectivity index (χ4n) is 6.22. The van der Waals surface area contributed by atoms with Gasteiger partial charge in [0.1, 0.15) is 0 Å². The van der Waals surface area contributed by atoms with Crippen molar-refractivity contribution in [3.8, 4) is 0 Å². The zero-order valence-electron chi connectivity index (χ0n) is 22.3. The van der Waals surface area contributed by atoms with Crippen LogP contribution in [0.25, 0.3) is 0 Å². The Labute approximate surface area is 240 Å². The Morgan fingerprint density at radius 2 is 1.56 bits per heavy atom. The van der Waals surface area contributed by atoms with E-state index in [9.17, 15) is 9.59 Å². The second-order valence-corrected chi connectivity index (χ2v) is 11.7. The molecule has 39 heavy (non-hydrogen) atoms. The number of piperidine rings is 1. The first-order valence-electron chi connectivity index (χ1n) is 13.7. The number of hydrogen-bond acceptors (Lipinski definition) is 3. The van der Waals surface area contributed by atoms with Crippen LogP contribution in [0.4, 0.5) is 0 Å². The number of halogens is 2. The molecule has 0 aromatic heterocycles. The fraction of sp³-hybridized carbons (Fsp3) is 0.375. The fourth-order valence-corrected chi connectivity index (χ4v) is 6.52. The summed E-state index contributed by atoms with van der Waals surface area (Å²) in [6, 6.07) is 26.0. The topological polar surface area (TPSA) is 61.4 Å². The van der Waals surface area contributed by atoms with E-state index >= 15 is 0 Å². The predicted molar refractivity (Wildman–Crippen MR) is 157 cm³/mol. The summed E-state index contributed by atoms with van der Waals surface area (Å²) in [5.74, 6) is 0.215. The lowest BCUT2D eigenvalue weighted by atomic mass is 9.80. The van der Waals surface area contributed by atoms with Crippen LogP contribution in [0.1, 0.15) is 42.9 Å². The number of hydrogen-bond donors (Lipinski definition) is 2. The Kier molecular flexibility index (Phi) is 8.32. The molecule has 1 aliphatic carbocycles. The average molecular weight is 565 g/mol. The van der Waals surface area contributed by atoms with Crippen LogP contribution in [-0.4, -0.2) is 42.9 Å². The summed E-state index contributed by atoms with van der Waals surface area (Å²) < 4.78 is 0. The summed E-state index contributed by atoms with van der Waals surface area (Å²) in [5.41, 5.74) is 2.30. The Bertz CT molecular complexity index is 1310. The van der Waals surface area contributed by atoms with Crippen molar-refractivity contribution < 1.29 is 9.59 Å². The first-order valence-corrected chi connectivity index (χ1v) is 14.4. The summed E-state index contributed by atoms with van der Waals surface area (Å²) in [7, 11) is 0. The number of nitrogens with zero attached hydrogens (tertiary/aromatic N) is 1. The van der Waals surface area contributed by atoms with Crippen molar-refractivity contribution in [1.82, 2.24) is 15.5 Å². The third-order valence-corrected chi connectivity index (χ3v) is 9.16. The second kappa shape index (κ2) is 11.7. The second-order valence-electron chi connectivity index (χ2n) is 10.9. The third-order valence-electron chi connectivity index (χ3n) is 8.42. The maximum Gasteiger partial charge on any atom is 0.231 e. The van der Waals surface area contributed by atoms with E-state index in [2.05, 4.69) is 39.8 Å². The first kappa shape index (κ1) is 27.7. The van der Waals surface area contributed by atoms with E-state index in [1.54, 1.807) is 13.0 Å². The number of carbonyl (C=O) groups excluding carboxylic acids is 2. The minimum Gasteiger partial charge on any atom is -0.355 e. The van der Waals surface area contributed by atoms with Gasteiger partial charge in [0, 0.05) is 33.1 Å². The smallest absolute Gasteiger partial charge is 0.231 e. The Balaban J connectivity index is 1.28. The molecule has 1 aliphatic heterocycles. The molecule has 0 unspecified atom stereocenters. The molecule has 2 N–H and O–H groups in total. The monoisotopic (exact) mass is 563 g/mol. The number of carbonyl (C=O) groups is 2. The van der Waals surface area contributed by atoms with Gasteiger partial charge in [-0.3, -0.25) is 9.59 Å². The molecule has 7 heteroatoms. The zero-order valence-corrected chi connectivity index (χ0v) is 23.8. The molecular weight excluding hydrogens is 529 g/mol. The molecule has 1 heterocycles. The highest BCUT2D eigenvalue weighted by molar-refractivity contribution is 6.42. The lowest BCUT2D eigenvalue weighted by Gasteiger charge is -2.43. The van der Waals surface area contributed by atoms with Crippen molar-refractivity contribution in [2.24, 2.45) is 5.92 Å². The van der Waals surface area contributed by atoms with E-state index in [1.807, 2.05) is 48.5 Å². The van der Waals surface area contributed by atoms with Crippen LogP contribution in [0.5, 0.6) is 0 Å². The Morgan fingerprint density at radius 3 is 2.21 bits per heavy atom. The van der Waals surface area contributed by atoms with Gasteiger partial charge in [-0.1, -0.05) is 89.9 Å². The van der Waals surface area contributed by atoms with Crippen molar-refractivity contribution in [3.63, 3.8) is 0 Å². The summed E-state index contributed by atoms with van der Waals surface area (Å²) in [6.45, 7) is 4.68. The van der Waals surface area contributed by atoms with Gasteiger partial charge in [0.05, 0.1) is 21.0 Å². The van der Waals surface area contributed by atoms with Gasteiger partial charge in [-0.2, -0.15) is 0 Å². The Hall–Kier alpha value is -2.86. The highest BCUT2D eigenvalue weighted by Crippen LogP contribution is 2.56. The molecule has 0 spiro atoms. The van der Waals surface area contributed by atoms with E-state index in [1.165, 1.54) is 5.56 Å². The highest BCUT2D eigenvalue weighted by Gasteiger charge is 2.61. The summed E-state index contributed by atoms with van der Waals surface area (Å²) in [4.78, 5) is 28.3. The molecule has 5 rings (SSSR count). The minimum atomic E-state index is -0.615. The highest BCUT2D eigenvalue weighted by atomic mass is 35.5. The maximum atomic E-state index is 13.7. The average Bonchev–Trinajstić information content (AvgIpc) is 3.67. The van der Waals surface area contributed by atoms with Gasteiger partial charge in [-0.15, -0.1) is 0 Å². The molecule has 2 atom stereocenters. The van der Waals surface area contributed by atoms with Crippen molar-refractivity contribution in [3.05, 3.63) is 106 Å². The molecule has 5 nitrogen and oxygen atoms in total. The van der Waals surface area contributed by atoms with E-state index in [4.69, 9.17) is 23.2 Å². The number of amides is 2. The molecule has 3 aromatic rings. The Morgan fingerprint density at radius 1 is 0.897 bits per heavy atom. The molecule has 2 amide bonds.